The summed E-state index contributed by atoms with van der Waals surface area (Å²) in [5.41, 5.74) is 2.19. The first-order valence-corrected chi connectivity index (χ1v) is 11.1. The number of guanidine groups is 1. The van der Waals surface area contributed by atoms with Crippen LogP contribution in [-0.2, 0) is 17.7 Å². The second kappa shape index (κ2) is 13.2. The van der Waals surface area contributed by atoms with E-state index in [0.29, 0.717) is 19.8 Å². The summed E-state index contributed by atoms with van der Waals surface area (Å²) >= 11 is 0. The molecule has 7 nitrogen and oxygen atoms in total. The van der Waals surface area contributed by atoms with E-state index in [1.807, 2.05) is 42.7 Å². The molecule has 0 unspecified atom stereocenters. The molecule has 2 N–H and O–H groups in total. The Hall–Kier alpha value is -3.32. The van der Waals surface area contributed by atoms with Crippen LogP contribution in [0.1, 0.15) is 24.7 Å². The zero-order chi connectivity index (χ0) is 22.4. The average molecular weight is 436 g/mol. The number of benzene rings is 2. The Labute approximate surface area is 190 Å². The lowest BCUT2D eigenvalue weighted by Crippen LogP contribution is -2.31. The minimum atomic E-state index is 0.626. The predicted octanol–water partition coefficient (Wildman–Crippen LogP) is 3.97. The molecule has 0 bridgehead atoms. The lowest BCUT2D eigenvalue weighted by molar-refractivity contribution is 0.172. The highest BCUT2D eigenvalue weighted by Crippen LogP contribution is 2.17. The summed E-state index contributed by atoms with van der Waals surface area (Å²) in [6, 6.07) is 18.3. The van der Waals surface area contributed by atoms with Crippen molar-refractivity contribution in [2.75, 3.05) is 38.7 Å². The van der Waals surface area contributed by atoms with Crippen LogP contribution in [0.4, 0.5) is 5.69 Å². The Morgan fingerprint density at radius 3 is 2.78 bits per heavy atom. The van der Waals surface area contributed by atoms with E-state index >= 15 is 0 Å². The summed E-state index contributed by atoms with van der Waals surface area (Å²) in [4.78, 5) is 9.25. The molecular weight excluding hydrogens is 402 g/mol. The van der Waals surface area contributed by atoms with E-state index in [9.17, 15) is 0 Å². The van der Waals surface area contributed by atoms with E-state index in [1.165, 1.54) is 5.56 Å². The molecule has 32 heavy (non-hydrogen) atoms. The van der Waals surface area contributed by atoms with Gasteiger partial charge in [-0.1, -0.05) is 36.4 Å². The third kappa shape index (κ3) is 7.74. The van der Waals surface area contributed by atoms with Crippen molar-refractivity contribution in [3.63, 3.8) is 0 Å². The zero-order valence-corrected chi connectivity index (χ0v) is 19.0. The van der Waals surface area contributed by atoms with Gasteiger partial charge in [-0.05, 0) is 24.6 Å². The van der Waals surface area contributed by atoms with Gasteiger partial charge in [0, 0.05) is 70.3 Å². The third-order valence-electron chi connectivity index (χ3n) is 4.81. The second-order valence-corrected chi connectivity index (χ2v) is 7.32. The summed E-state index contributed by atoms with van der Waals surface area (Å²) in [6.07, 6.45) is 5.49. The average Bonchev–Trinajstić information content (AvgIpc) is 3.24. The number of imidazole rings is 1. The van der Waals surface area contributed by atoms with Gasteiger partial charge in [-0.2, -0.15) is 0 Å². The van der Waals surface area contributed by atoms with Crippen LogP contribution < -0.4 is 15.4 Å². The largest absolute Gasteiger partial charge is 0.493 e. The van der Waals surface area contributed by atoms with Crippen LogP contribution in [0.5, 0.6) is 5.75 Å². The minimum Gasteiger partial charge on any atom is -0.493 e. The van der Waals surface area contributed by atoms with Crippen molar-refractivity contribution in [2.24, 2.45) is 4.99 Å². The molecule has 0 radical (unpaired) electrons. The minimum absolute atomic E-state index is 0.626. The van der Waals surface area contributed by atoms with Crippen molar-refractivity contribution in [2.45, 2.75) is 26.3 Å². The van der Waals surface area contributed by atoms with Crippen LogP contribution in [-0.4, -0.2) is 48.9 Å². The molecule has 3 aromatic rings. The maximum Gasteiger partial charge on any atom is 0.195 e. The van der Waals surface area contributed by atoms with Gasteiger partial charge < -0.3 is 24.7 Å². The Bertz CT molecular complexity index is 956. The number of methoxy groups -OCH3 is 1. The molecular formula is C25H33N5O2. The van der Waals surface area contributed by atoms with Gasteiger partial charge in [0.1, 0.15) is 11.6 Å². The highest BCUT2D eigenvalue weighted by atomic mass is 16.5. The fraction of sp³-hybridized carbons (Fsp3) is 0.360. The first kappa shape index (κ1) is 23.3. The fourth-order valence-corrected chi connectivity index (χ4v) is 3.26. The van der Waals surface area contributed by atoms with E-state index < -0.39 is 0 Å². The van der Waals surface area contributed by atoms with Gasteiger partial charge in [0.05, 0.1) is 6.61 Å². The molecule has 0 saturated carbocycles. The highest BCUT2D eigenvalue weighted by molar-refractivity contribution is 5.93. The molecule has 7 heteroatoms. The molecule has 0 aliphatic rings. The summed E-state index contributed by atoms with van der Waals surface area (Å²) in [6.45, 7) is 5.60. The van der Waals surface area contributed by atoms with E-state index in [4.69, 9.17) is 14.5 Å². The molecule has 0 aliphatic heterocycles. The lowest BCUT2D eigenvalue weighted by Gasteiger charge is -2.13. The van der Waals surface area contributed by atoms with Crippen molar-refractivity contribution in [1.82, 2.24) is 14.9 Å². The number of rotatable bonds is 12. The molecule has 0 saturated heterocycles. The molecule has 2 aromatic carbocycles. The molecule has 1 aromatic heterocycles. The van der Waals surface area contributed by atoms with Gasteiger partial charge in [0.15, 0.2) is 5.96 Å². The lowest BCUT2D eigenvalue weighted by atomic mass is 10.2. The van der Waals surface area contributed by atoms with Crippen LogP contribution in [0.15, 0.2) is 72.0 Å². The molecule has 170 valence electrons. The number of aliphatic imine (C=N–C) groups is 1. The molecule has 3 rings (SSSR count). The van der Waals surface area contributed by atoms with Gasteiger partial charge in [-0.15, -0.1) is 0 Å². The second-order valence-electron chi connectivity index (χ2n) is 7.32. The Morgan fingerprint density at radius 2 is 1.97 bits per heavy atom. The monoisotopic (exact) mass is 435 g/mol. The van der Waals surface area contributed by atoms with Crippen molar-refractivity contribution in [3.8, 4) is 5.75 Å². The Balaban J connectivity index is 1.56. The molecule has 0 spiro atoms. The van der Waals surface area contributed by atoms with E-state index in [-0.39, 0.29) is 0 Å². The third-order valence-corrected chi connectivity index (χ3v) is 4.81. The smallest absolute Gasteiger partial charge is 0.195 e. The van der Waals surface area contributed by atoms with Crippen molar-refractivity contribution < 1.29 is 9.47 Å². The zero-order valence-electron chi connectivity index (χ0n) is 19.0. The van der Waals surface area contributed by atoms with E-state index in [1.54, 1.807) is 7.11 Å². The van der Waals surface area contributed by atoms with Crippen LogP contribution >= 0.6 is 0 Å². The van der Waals surface area contributed by atoms with Gasteiger partial charge in [-0.3, -0.25) is 4.99 Å². The maximum atomic E-state index is 5.79. The van der Waals surface area contributed by atoms with Gasteiger partial charge in [0.25, 0.3) is 0 Å². The summed E-state index contributed by atoms with van der Waals surface area (Å²) in [5, 5.41) is 6.66. The molecule has 0 atom stereocenters. The number of aromatic nitrogens is 2. The van der Waals surface area contributed by atoms with Crippen LogP contribution in [0.2, 0.25) is 0 Å². The first-order chi connectivity index (χ1) is 15.8. The van der Waals surface area contributed by atoms with Crippen LogP contribution in [0.3, 0.4) is 0 Å². The standard InChI is InChI=1S/C25H33N5O2/c1-3-26-25(29-22-11-7-12-23(19-22)32-18-8-17-31-2)28-14-13-24-27-15-16-30(24)20-21-9-5-4-6-10-21/h4-7,9-12,15-16,19H,3,8,13-14,17-18,20H2,1-2H3,(H2,26,28,29). The van der Waals surface area contributed by atoms with Gasteiger partial charge in [-0.25, -0.2) is 4.98 Å². The molecule has 0 fully saturated rings. The van der Waals surface area contributed by atoms with Gasteiger partial charge >= 0.3 is 0 Å². The predicted molar refractivity (Wildman–Crippen MR) is 130 cm³/mol. The van der Waals surface area contributed by atoms with Crippen LogP contribution in [0.25, 0.3) is 0 Å². The van der Waals surface area contributed by atoms with Crippen molar-refractivity contribution in [1.29, 1.82) is 0 Å². The molecule has 1 heterocycles. The van der Waals surface area contributed by atoms with Crippen molar-refractivity contribution in [3.05, 3.63) is 78.4 Å². The van der Waals surface area contributed by atoms with Crippen LogP contribution in [0, 0.1) is 0 Å². The van der Waals surface area contributed by atoms with Gasteiger partial charge in [0.2, 0.25) is 0 Å². The summed E-state index contributed by atoms with van der Waals surface area (Å²) in [7, 11) is 1.70. The SMILES string of the molecule is CCNC(=NCCc1nccn1Cc1ccccc1)Nc1cccc(OCCCOC)c1. The maximum absolute atomic E-state index is 5.79. The molecule has 0 aliphatic carbocycles. The Kier molecular flexibility index (Phi) is 9.61. The number of nitrogens with zero attached hydrogens (tertiary/aromatic N) is 3. The highest BCUT2D eigenvalue weighted by Gasteiger charge is 2.05. The first-order valence-electron chi connectivity index (χ1n) is 11.1. The molecule has 0 amide bonds. The fourth-order valence-electron chi connectivity index (χ4n) is 3.26. The quantitative estimate of drug-likeness (QED) is 0.256. The topological polar surface area (TPSA) is 72.7 Å². The van der Waals surface area contributed by atoms with E-state index in [2.05, 4.69) is 51.4 Å². The Morgan fingerprint density at radius 1 is 1.09 bits per heavy atom. The number of hydrogen-bond acceptors (Lipinski definition) is 4. The normalized spacial score (nSPS) is 11.4. The summed E-state index contributed by atoms with van der Waals surface area (Å²) < 4.78 is 13.0. The van der Waals surface area contributed by atoms with E-state index in [0.717, 1.165) is 49.2 Å². The summed E-state index contributed by atoms with van der Waals surface area (Å²) in [5.74, 6) is 2.59. The number of hydrogen-bond donors (Lipinski definition) is 2. The number of nitrogens with one attached hydrogen (secondary N) is 2. The number of ether oxygens (including phenoxy) is 2. The number of anilines is 1. The van der Waals surface area contributed by atoms with Crippen molar-refractivity contribution >= 4 is 11.6 Å².